The van der Waals surface area contributed by atoms with Gasteiger partial charge in [-0.1, -0.05) is 30.3 Å². The van der Waals surface area contributed by atoms with Gasteiger partial charge in [0.25, 0.3) is 0 Å². The molecule has 2 atom stereocenters. The fraction of sp³-hybridized carbons (Fsp3) is 0.519. The number of halogens is 6. The molecule has 5 aliphatic rings. The zero-order valence-corrected chi connectivity index (χ0v) is 24.7. The molecule has 3 nitrogen and oxygen atoms in total. The summed E-state index contributed by atoms with van der Waals surface area (Å²) in [5.41, 5.74) is 5.59. The van der Waals surface area contributed by atoms with Crippen LogP contribution in [0, 0.1) is 24.7 Å². The number of fused-ring (bicyclic) bond motifs is 1. The van der Waals surface area contributed by atoms with E-state index in [1.807, 2.05) is 24.4 Å². The van der Waals surface area contributed by atoms with Crippen molar-refractivity contribution in [2.24, 2.45) is 22.7 Å². The Morgan fingerprint density at radius 2 is 1.45 bits per heavy atom. The topological polar surface area (TPSA) is 52.8 Å². The number of aliphatic hydroxyl groups excluding tert-OH is 1. The molecule has 0 aromatic heterocycles. The maximum atomic E-state index is 11.4. The molecule has 0 heterocycles. The number of hydrogen-bond donors (Lipinski definition) is 2. The number of phenolic OH excluding ortho intramolecular Hbond substituents is 1. The second kappa shape index (κ2) is 9.43. The van der Waals surface area contributed by atoms with Crippen molar-refractivity contribution in [1.29, 1.82) is 0 Å². The van der Waals surface area contributed by atoms with Gasteiger partial charge in [-0.25, -0.2) is 0 Å². The number of hydrogen-bond acceptors (Lipinski definition) is 3. The molecule has 2 aromatic carbocycles. The first-order chi connectivity index (χ1) is 17.0. The fourth-order valence-corrected chi connectivity index (χ4v) is 7.64. The van der Waals surface area contributed by atoms with Crippen LogP contribution in [0.4, 0.5) is 16.9 Å². The first kappa shape index (κ1) is 29.8. The van der Waals surface area contributed by atoms with Crippen LogP contribution in [0.3, 0.4) is 0 Å². The minimum atomic E-state index is -11.2. The average molecular weight is 689 g/mol. The molecular weight excluding hydrogens is 658 g/mol. The number of aromatic hydroxyl groups is 1. The summed E-state index contributed by atoms with van der Waals surface area (Å²) in [5, 5.41) is 21.9. The van der Waals surface area contributed by atoms with Crippen molar-refractivity contribution >= 4 is 25.7 Å². The first-order valence-electron chi connectivity index (χ1n) is 12.7. The standard InChI is InChI=1S/C27H31NO2.Cr.6FH.Sb/c1-16-6-21(15-28-25-22-5-3-2-4-20(22)11-24(25)29)26(30)23(7-16)27-12-17-8-18(13-27)10-19(9-17)14-27;;;;;;;;/h2-7,15,17-19,24-25,29-30H,8-14H2,1H3;;6*1H;/q;;;;;;;;+5/p-6/t17?,18?,19?,24-,25+,27?;;;;;;;;/m0......../s1. The van der Waals surface area contributed by atoms with Crippen molar-refractivity contribution in [2.45, 2.75) is 69.4 Å². The molecule has 4 saturated carbocycles. The predicted molar refractivity (Wildman–Crippen MR) is 132 cm³/mol. The summed E-state index contributed by atoms with van der Waals surface area (Å²) >= 11 is -11.2. The fourth-order valence-electron chi connectivity index (χ4n) is 7.64. The summed E-state index contributed by atoms with van der Waals surface area (Å²) in [4.78, 5) is 4.77. The Hall–Kier alpha value is -1.20. The van der Waals surface area contributed by atoms with Crippen molar-refractivity contribution in [3.8, 4) is 5.75 Å². The molecule has 5 aliphatic carbocycles. The quantitative estimate of drug-likeness (QED) is 0.201. The van der Waals surface area contributed by atoms with E-state index in [1.165, 1.54) is 49.7 Å². The Kier molecular flexibility index (Phi) is 7.39. The van der Waals surface area contributed by atoms with Gasteiger partial charge in [-0.2, -0.15) is 0 Å². The van der Waals surface area contributed by atoms with Gasteiger partial charge in [0.15, 0.2) is 0 Å². The Bertz CT molecular complexity index is 1200. The normalized spacial score (nSPS) is 33.1. The molecule has 7 rings (SSSR count). The summed E-state index contributed by atoms with van der Waals surface area (Å²) in [5.74, 6) is 2.96. The van der Waals surface area contributed by atoms with Gasteiger partial charge in [-0.05, 0) is 91.4 Å². The third-order valence-corrected chi connectivity index (χ3v) is 8.43. The van der Waals surface area contributed by atoms with Crippen LogP contribution < -0.4 is 0 Å². The molecule has 4 bridgehead atoms. The molecule has 2 aromatic rings. The van der Waals surface area contributed by atoms with Gasteiger partial charge < -0.3 is 10.2 Å². The van der Waals surface area contributed by atoms with E-state index < -0.39 is 25.6 Å². The van der Waals surface area contributed by atoms with Crippen LogP contribution >= 0.6 is 0 Å². The van der Waals surface area contributed by atoms with Crippen LogP contribution in [-0.4, -0.2) is 42.0 Å². The number of rotatable bonds is 3. The zero-order chi connectivity index (χ0) is 26.9. The Morgan fingerprint density at radius 3 is 2.00 bits per heavy atom. The van der Waals surface area contributed by atoms with Crippen LogP contribution in [0.25, 0.3) is 0 Å². The first-order valence-corrected chi connectivity index (χ1v) is 18.4. The van der Waals surface area contributed by atoms with Crippen LogP contribution in [0.2, 0.25) is 0 Å². The Morgan fingerprint density at radius 1 is 0.921 bits per heavy atom. The molecule has 38 heavy (non-hydrogen) atoms. The summed E-state index contributed by atoms with van der Waals surface area (Å²) in [6.45, 7) is 2.13. The van der Waals surface area contributed by atoms with E-state index in [0.717, 1.165) is 34.4 Å². The molecule has 0 saturated heterocycles. The molecule has 0 unspecified atom stereocenters. The molecule has 210 valence electrons. The molecule has 0 aliphatic heterocycles. The molecule has 4 fully saturated rings. The monoisotopic (exact) mass is 688 g/mol. The number of aliphatic hydroxyl groups is 1. The SMILES string of the molecule is Cc1cc(C=N[C@@H]2c3ccccc3C[C@@H]2O)c(O)c(C23CC4CC(CC(C4)C2)C3)c1.[Cr].[F][Sb-]([F])([F])([F])([F])[F]. The van der Waals surface area contributed by atoms with Gasteiger partial charge in [-0.3, -0.25) is 4.99 Å². The van der Waals surface area contributed by atoms with E-state index in [4.69, 9.17) is 4.99 Å². The van der Waals surface area contributed by atoms with Crippen LogP contribution in [0.1, 0.15) is 72.4 Å². The Labute approximate surface area is 231 Å². The van der Waals surface area contributed by atoms with Crippen molar-refractivity contribution in [3.05, 3.63) is 64.2 Å². The van der Waals surface area contributed by atoms with Gasteiger partial charge in [-0.15, -0.1) is 0 Å². The van der Waals surface area contributed by atoms with Crippen molar-refractivity contribution in [3.63, 3.8) is 0 Å². The van der Waals surface area contributed by atoms with Gasteiger partial charge in [0.1, 0.15) is 11.8 Å². The summed E-state index contributed by atoms with van der Waals surface area (Å²) < 4.78 is 59.6. The second-order valence-corrected chi connectivity index (χ2v) is 17.1. The van der Waals surface area contributed by atoms with Crippen LogP contribution in [0.5, 0.6) is 5.75 Å². The van der Waals surface area contributed by atoms with Gasteiger partial charge in [0, 0.05) is 41.1 Å². The predicted octanol–water partition coefficient (Wildman–Crippen LogP) is 7.38. The van der Waals surface area contributed by atoms with Crippen molar-refractivity contribution in [1.82, 2.24) is 0 Å². The summed E-state index contributed by atoms with van der Waals surface area (Å²) in [6.07, 6.45) is 9.88. The van der Waals surface area contributed by atoms with E-state index in [-0.39, 0.29) is 28.8 Å². The van der Waals surface area contributed by atoms with E-state index >= 15 is 0 Å². The van der Waals surface area contributed by atoms with Crippen LogP contribution in [-0.2, 0) is 29.2 Å². The summed E-state index contributed by atoms with van der Waals surface area (Å²) in [6, 6.07) is 12.2. The molecule has 11 heteroatoms. The van der Waals surface area contributed by atoms with E-state index in [1.54, 1.807) is 0 Å². The third kappa shape index (κ3) is 6.92. The van der Waals surface area contributed by atoms with Gasteiger partial charge in [0.2, 0.25) is 0 Å². The number of benzene rings is 2. The van der Waals surface area contributed by atoms with E-state index in [2.05, 4.69) is 25.1 Å². The zero-order valence-electron chi connectivity index (χ0n) is 20.8. The maximum absolute atomic E-state index is 11.4. The van der Waals surface area contributed by atoms with E-state index in [0.29, 0.717) is 12.2 Å². The number of aryl methyl sites for hydroxylation is 1. The molecular formula is C27H31CrF6NO2Sb-. The van der Waals surface area contributed by atoms with Crippen molar-refractivity contribution in [2.75, 3.05) is 0 Å². The number of nitrogens with zero attached hydrogens (tertiary/aromatic N) is 1. The number of phenols is 1. The third-order valence-electron chi connectivity index (χ3n) is 8.43. The van der Waals surface area contributed by atoms with Crippen LogP contribution in [0.15, 0.2) is 41.4 Å². The minimum absolute atomic E-state index is 0. The second-order valence-electron chi connectivity index (χ2n) is 11.6. The number of aliphatic imine (C=N–C) groups is 1. The average Bonchev–Trinajstić information content (AvgIpc) is 3.06. The molecule has 0 spiro atoms. The molecule has 0 radical (unpaired) electrons. The molecule has 2 N–H and O–H groups in total. The molecule has 0 amide bonds. The van der Waals surface area contributed by atoms with E-state index in [9.17, 15) is 27.1 Å². The Balaban J connectivity index is 0.000000375. The van der Waals surface area contributed by atoms with Gasteiger partial charge >= 0.3 is 36.4 Å². The van der Waals surface area contributed by atoms with Crippen molar-refractivity contribution < 1.29 is 44.5 Å². The van der Waals surface area contributed by atoms with Gasteiger partial charge in [0.05, 0.1) is 6.10 Å². The summed E-state index contributed by atoms with van der Waals surface area (Å²) in [7, 11) is 0.